The molecular weight excluding hydrogens is 192 g/mol. The molecule has 0 unspecified atom stereocenters. The van der Waals surface area contributed by atoms with Crippen LogP contribution in [0.15, 0.2) is 0 Å². The lowest BCUT2D eigenvalue weighted by molar-refractivity contribution is -0.121. The summed E-state index contributed by atoms with van der Waals surface area (Å²) >= 11 is 0. The Labute approximate surface area is 91.0 Å². The zero-order chi connectivity index (χ0) is 11.4. The maximum absolute atomic E-state index is 11.6. The first-order valence-electron chi connectivity index (χ1n) is 5.56. The number of piperidine rings is 1. The molecule has 0 atom stereocenters. The van der Waals surface area contributed by atoms with Gasteiger partial charge in [-0.15, -0.1) is 0 Å². The Balaban J connectivity index is 2.37. The fourth-order valence-corrected chi connectivity index (χ4v) is 1.83. The van der Waals surface area contributed by atoms with Crippen molar-refractivity contribution in [3.63, 3.8) is 0 Å². The largest absolute Gasteiger partial charge is 0.336 e. The molecule has 0 bridgehead atoms. The molecule has 1 saturated heterocycles. The lowest BCUT2D eigenvalue weighted by Gasteiger charge is -2.31. The van der Waals surface area contributed by atoms with E-state index in [0.29, 0.717) is 13.1 Å². The number of amides is 2. The van der Waals surface area contributed by atoms with Gasteiger partial charge < -0.3 is 10.2 Å². The highest BCUT2D eigenvalue weighted by Crippen LogP contribution is 2.17. The van der Waals surface area contributed by atoms with Crippen LogP contribution in [0.3, 0.4) is 0 Å². The number of carbonyl (C=O) groups excluding carboxylic acids is 2. The van der Waals surface area contributed by atoms with E-state index in [4.69, 9.17) is 0 Å². The minimum absolute atomic E-state index is 0.00741. The van der Waals surface area contributed by atoms with Crippen molar-refractivity contribution >= 4 is 11.8 Å². The van der Waals surface area contributed by atoms with E-state index in [1.165, 1.54) is 0 Å². The molecule has 0 aromatic rings. The number of likely N-dealkylation sites (tertiary alicyclic amines) is 1. The first-order valence-corrected chi connectivity index (χ1v) is 5.56. The fraction of sp³-hybridized carbons (Fsp3) is 0.818. The van der Waals surface area contributed by atoms with Gasteiger partial charge in [-0.2, -0.15) is 0 Å². The van der Waals surface area contributed by atoms with Crippen LogP contribution in [-0.2, 0) is 4.79 Å². The Morgan fingerprint density at radius 3 is 2.20 bits per heavy atom. The molecule has 0 radical (unpaired) electrons. The lowest BCUT2D eigenvalue weighted by Crippen LogP contribution is -2.47. The minimum Gasteiger partial charge on any atom is -0.336 e. The second-order valence-electron chi connectivity index (χ2n) is 4.48. The van der Waals surface area contributed by atoms with Gasteiger partial charge in [0.05, 0.1) is 0 Å². The fourth-order valence-electron chi connectivity index (χ4n) is 1.83. The molecule has 0 aliphatic carbocycles. The van der Waals surface area contributed by atoms with E-state index in [2.05, 4.69) is 5.32 Å². The molecule has 1 N–H and O–H groups in total. The van der Waals surface area contributed by atoms with E-state index in [9.17, 15) is 9.59 Å². The van der Waals surface area contributed by atoms with Crippen molar-refractivity contribution in [2.45, 2.75) is 39.7 Å². The number of rotatable bonds is 2. The van der Waals surface area contributed by atoms with E-state index in [-0.39, 0.29) is 23.8 Å². The average molecular weight is 212 g/mol. The van der Waals surface area contributed by atoms with E-state index >= 15 is 0 Å². The van der Waals surface area contributed by atoms with Crippen molar-refractivity contribution in [3.05, 3.63) is 0 Å². The third-order valence-electron chi connectivity index (χ3n) is 2.77. The Hall–Kier alpha value is -1.06. The normalized spacial score (nSPS) is 18.0. The first-order chi connectivity index (χ1) is 7.00. The van der Waals surface area contributed by atoms with Gasteiger partial charge >= 0.3 is 6.03 Å². The van der Waals surface area contributed by atoms with Crippen molar-refractivity contribution in [2.75, 3.05) is 13.1 Å². The van der Waals surface area contributed by atoms with Crippen LogP contribution in [0.1, 0.15) is 33.6 Å². The summed E-state index contributed by atoms with van der Waals surface area (Å²) in [6.45, 7) is 6.92. The molecular formula is C11H20N2O2. The minimum atomic E-state index is -0.00741. The highest BCUT2D eigenvalue weighted by Gasteiger charge is 2.25. The number of nitrogens with one attached hydrogen (secondary N) is 1. The molecule has 86 valence electrons. The van der Waals surface area contributed by atoms with E-state index in [1.807, 2.05) is 13.8 Å². The number of Topliss-reactive ketones (excluding diaryl/α,β-unsaturated/α-hetero) is 1. The lowest BCUT2D eigenvalue weighted by atomic mass is 9.93. The van der Waals surface area contributed by atoms with Crippen LogP contribution in [0.2, 0.25) is 0 Å². The molecule has 0 aromatic heterocycles. The van der Waals surface area contributed by atoms with Gasteiger partial charge in [0.2, 0.25) is 0 Å². The summed E-state index contributed by atoms with van der Waals surface area (Å²) in [5, 5.41) is 2.86. The molecule has 1 rings (SSSR count). The molecule has 1 fully saturated rings. The zero-order valence-corrected chi connectivity index (χ0v) is 9.75. The predicted molar refractivity (Wildman–Crippen MR) is 58.6 cm³/mol. The van der Waals surface area contributed by atoms with Crippen LogP contribution < -0.4 is 5.32 Å². The Bertz CT molecular complexity index is 243. The van der Waals surface area contributed by atoms with Crippen molar-refractivity contribution in [1.82, 2.24) is 10.2 Å². The highest BCUT2D eigenvalue weighted by atomic mass is 16.2. The third-order valence-corrected chi connectivity index (χ3v) is 2.77. The molecule has 1 heterocycles. The van der Waals surface area contributed by atoms with Gasteiger partial charge in [-0.25, -0.2) is 4.79 Å². The molecule has 15 heavy (non-hydrogen) atoms. The molecule has 0 aromatic carbocycles. The van der Waals surface area contributed by atoms with E-state index in [1.54, 1.807) is 11.8 Å². The van der Waals surface area contributed by atoms with Gasteiger partial charge in [-0.3, -0.25) is 4.79 Å². The van der Waals surface area contributed by atoms with Crippen molar-refractivity contribution in [2.24, 2.45) is 5.92 Å². The number of hydrogen-bond donors (Lipinski definition) is 1. The topological polar surface area (TPSA) is 49.4 Å². The first kappa shape index (κ1) is 12.0. The second kappa shape index (κ2) is 5.14. The molecule has 1 aliphatic rings. The highest BCUT2D eigenvalue weighted by molar-refractivity contribution is 5.79. The van der Waals surface area contributed by atoms with Gasteiger partial charge in [0.25, 0.3) is 0 Å². The average Bonchev–Trinajstić information content (AvgIpc) is 2.17. The van der Waals surface area contributed by atoms with Crippen LogP contribution >= 0.6 is 0 Å². The molecule has 0 spiro atoms. The third kappa shape index (κ3) is 3.53. The summed E-state index contributed by atoms with van der Waals surface area (Å²) in [6, 6.07) is 0.162. The maximum atomic E-state index is 11.6. The predicted octanol–water partition coefficient (Wildman–Crippen LogP) is 1.41. The number of nitrogens with zero attached hydrogens (tertiary/aromatic N) is 1. The summed E-state index contributed by atoms with van der Waals surface area (Å²) in [5.74, 6) is 0.409. The summed E-state index contributed by atoms with van der Waals surface area (Å²) < 4.78 is 0. The smallest absolute Gasteiger partial charge is 0.317 e. The van der Waals surface area contributed by atoms with Gasteiger partial charge in [0.15, 0.2) is 0 Å². The van der Waals surface area contributed by atoms with Crippen LogP contribution in [-0.4, -0.2) is 35.8 Å². The Morgan fingerprint density at radius 1 is 1.27 bits per heavy atom. The van der Waals surface area contributed by atoms with Crippen LogP contribution in [0, 0.1) is 5.92 Å². The summed E-state index contributed by atoms with van der Waals surface area (Å²) in [7, 11) is 0. The molecule has 2 amide bonds. The summed E-state index contributed by atoms with van der Waals surface area (Å²) in [6.07, 6.45) is 1.61. The SMILES string of the molecule is CC(=O)C1CCN(C(=O)NC(C)C)CC1. The molecule has 1 aliphatic heterocycles. The summed E-state index contributed by atoms with van der Waals surface area (Å²) in [4.78, 5) is 24.5. The van der Waals surface area contributed by atoms with E-state index in [0.717, 1.165) is 12.8 Å². The van der Waals surface area contributed by atoms with Gasteiger partial charge in [0.1, 0.15) is 5.78 Å². The van der Waals surface area contributed by atoms with Crippen LogP contribution in [0.5, 0.6) is 0 Å². The molecule has 4 nitrogen and oxygen atoms in total. The standard InChI is InChI=1S/C11H20N2O2/c1-8(2)12-11(15)13-6-4-10(5-7-13)9(3)14/h8,10H,4-7H2,1-3H3,(H,12,15). The van der Waals surface area contributed by atoms with Crippen LogP contribution in [0.4, 0.5) is 4.79 Å². The van der Waals surface area contributed by atoms with Crippen LogP contribution in [0.25, 0.3) is 0 Å². The zero-order valence-electron chi connectivity index (χ0n) is 9.75. The van der Waals surface area contributed by atoms with Gasteiger partial charge in [-0.1, -0.05) is 0 Å². The number of carbonyl (C=O) groups is 2. The Morgan fingerprint density at radius 2 is 1.80 bits per heavy atom. The molecule has 0 saturated carbocycles. The van der Waals surface area contributed by atoms with E-state index < -0.39 is 0 Å². The van der Waals surface area contributed by atoms with Crippen molar-refractivity contribution in [3.8, 4) is 0 Å². The maximum Gasteiger partial charge on any atom is 0.317 e. The number of urea groups is 1. The van der Waals surface area contributed by atoms with Gasteiger partial charge in [0, 0.05) is 25.0 Å². The number of hydrogen-bond acceptors (Lipinski definition) is 2. The van der Waals surface area contributed by atoms with Gasteiger partial charge in [-0.05, 0) is 33.6 Å². The second-order valence-corrected chi connectivity index (χ2v) is 4.48. The van der Waals surface area contributed by atoms with Crippen molar-refractivity contribution < 1.29 is 9.59 Å². The Kier molecular flexibility index (Phi) is 4.12. The van der Waals surface area contributed by atoms with Crippen molar-refractivity contribution in [1.29, 1.82) is 0 Å². The quantitative estimate of drug-likeness (QED) is 0.752. The summed E-state index contributed by atoms with van der Waals surface area (Å²) in [5.41, 5.74) is 0. The molecule has 4 heteroatoms. The number of ketones is 1. The monoisotopic (exact) mass is 212 g/mol.